The molecule has 0 aliphatic heterocycles. The largest absolute Gasteiger partial charge is 0.496 e. The first kappa shape index (κ1) is 45.3. The van der Waals surface area contributed by atoms with Crippen LogP contribution >= 0.6 is 0 Å². The van der Waals surface area contributed by atoms with Crippen molar-refractivity contribution in [2.24, 2.45) is 23.7 Å². The van der Waals surface area contributed by atoms with E-state index in [0.29, 0.717) is 64.5 Å². The summed E-state index contributed by atoms with van der Waals surface area (Å²) in [6.45, 7) is 6.67. The number of carbonyl (C=O) groups is 4. The molecular formula is C49H61FN6O7. The molecule has 13 nitrogen and oxygen atoms in total. The zero-order valence-electron chi connectivity index (χ0n) is 37.5. The van der Waals surface area contributed by atoms with Crippen molar-refractivity contribution in [1.29, 1.82) is 0 Å². The predicted molar refractivity (Wildman–Crippen MR) is 238 cm³/mol. The topological polar surface area (TPSA) is 147 Å². The first-order valence-corrected chi connectivity index (χ1v) is 22.1. The van der Waals surface area contributed by atoms with Gasteiger partial charge in [-0.2, -0.15) is 5.10 Å². The van der Waals surface area contributed by atoms with Crippen LogP contribution < -0.4 is 14.8 Å². The maximum Gasteiger partial charge on any atom is 0.330 e. The van der Waals surface area contributed by atoms with Crippen LogP contribution in [0.2, 0.25) is 0 Å². The van der Waals surface area contributed by atoms with E-state index in [9.17, 15) is 28.7 Å². The molecule has 2 N–H and O–H groups in total. The zero-order chi connectivity index (χ0) is 45.2. The van der Waals surface area contributed by atoms with Crippen molar-refractivity contribution < 1.29 is 38.1 Å². The van der Waals surface area contributed by atoms with Crippen LogP contribution in [0, 0.1) is 29.5 Å². The van der Waals surface area contributed by atoms with Crippen molar-refractivity contribution in [2.75, 3.05) is 61.5 Å². The van der Waals surface area contributed by atoms with Crippen molar-refractivity contribution in [3.8, 4) is 28.4 Å². The summed E-state index contributed by atoms with van der Waals surface area (Å²) < 4.78 is 26.6. The molecule has 3 aromatic carbocycles. The minimum absolute atomic E-state index is 0.0612. The summed E-state index contributed by atoms with van der Waals surface area (Å²) >= 11 is 0. The Hall–Kier alpha value is -5.76. The second-order valence-electron chi connectivity index (χ2n) is 18.2. The van der Waals surface area contributed by atoms with Crippen molar-refractivity contribution in [3.63, 3.8) is 0 Å². The number of aromatic nitrogens is 2. The Kier molecular flexibility index (Phi) is 13.6. The number of carbonyl (C=O) groups excluding carboxylic acids is 3. The highest BCUT2D eigenvalue weighted by Gasteiger charge is 2.62. The Labute approximate surface area is 369 Å². The van der Waals surface area contributed by atoms with Crippen molar-refractivity contribution >= 4 is 23.7 Å². The van der Waals surface area contributed by atoms with E-state index in [1.165, 1.54) is 24.3 Å². The minimum atomic E-state index is -1.35. The number of nitrogens with zero attached hydrogens (tertiary/aromatic N) is 5. The van der Waals surface area contributed by atoms with Gasteiger partial charge in [-0.15, -0.1) is 0 Å². The van der Waals surface area contributed by atoms with Gasteiger partial charge in [0.1, 0.15) is 22.9 Å². The van der Waals surface area contributed by atoms with E-state index in [4.69, 9.17) is 14.6 Å². The van der Waals surface area contributed by atoms with Gasteiger partial charge in [0, 0.05) is 38.3 Å². The molecule has 4 fully saturated rings. The number of halogens is 1. The van der Waals surface area contributed by atoms with Gasteiger partial charge in [-0.05, 0) is 161 Å². The SMILES string of the molecule is COc1cccc(OC)c1-c1cc(C(=O)NC2(C(=O)O)C3CC4CC(C3)CC2C4)nn1-c1ccc(C(=O)N(C)CCCN(C)CCCN(C)C(=O)c2ccc(F)cc2)cc1C(C)C. The maximum atomic E-state index is 14.4. The monoisotopic (exact) mass is 864 g/mol. The molecule has 4 aromatic rings. The van der Waals surface area contributed by atoms with E-state index in [2.05, 4.69) is 10.2 Å². The summed E-state index contributed by atoms with van der Waals surface area (Å²) in [6.07, 6.45) is 5.86. The molecular weight excluding hydrogens is 804 g/mol. The fraction of sp³-hybridized carbons (Fsp3) is 0.490. The average Bonchev–Trinajstić information content (AvgIpc) is 3.71. The highest BCUT2D eigenvalue weighted by molar-refractivity contribution is 5.99. The predicted octanol–water partition coefficient (Wildman–Crippen LogP) is 7.38. The molecule has 4 bridgehead atoms. The standard InChI is InChI=1S/C49H61FN6O7/c1-30(2)38-28-34(47(59)55(5)22-10-20-53(3)19-9-21-54(4)46(58)33-13-16-37(50)17-14-33)15-18-40(38)56-41(44-42(62-6)11-8-12-43(44)63-7)29-39(52-56)45(57)51-49(48(60)61)35-24-31-23-32(26-35)27-36(49)25-31/h8,11-18,28-32,35-36H,9-10,19-27H2,1-7H3,(H,51,57)(H,60,61). The lowest BCUT2D eigenvalue weighted by Crippen LogP contribution is -2.70. The Balaban J connectivity index is 1.08. The van der Waals surface area contributed by atoms with Crippen molar-refractivity contribution in [3.05, 3.63) is 94.9 Å². The molecule has 8 rings (SSSR count). The van der Waals surface area contributed by atoms with Crippen molar-refractivity contribution in [1.82, 2.24) is 29.8 Å². The molecule has 14 heteroatoms. The third-order valence-electron chi connectivity index (χ3n) is 13.7. The average molecular weight is 865 g/mol. The number of carboxylic acids is 1. The van der Waals surface area contributed by atoms with Gasteiger partial charge in [0.25, 0.3) is 17.7 Å². The van der Waals surface area contributed by atoms with E-state index in [-0.39, 0.29) is 41.1 Å². The quantitative estimate of drug-likeness (QED) is 0.105. The van der Waals surface area contributed by atoms with Crippen LogP contribution in [0.1, 0.15) is 101 Å². The van der Waals surface area contributed by atoms with Gasteiger partial charge in [-0.25, -0.2) is 13.9 Å². The molecule has 1 aromatic heterocycles. The summed E-state index contributed by atoms with van der Waals surface area (Å²) in [4.78, 5) is 59.8. The lowest BCUT2D eigenvalue weighted by molar-refractivity contribution is -0.163. The lowest BCUT2D eigenvalue weighted by Gasteiger charge is -2.59. The molecule has 4 aliphatic rings. The lowest BCUT2D eigenvalue weighted by atomic mass is 9.48. The van der Waals surface area contributed by atoms with Crippen LogP contribution in [-0.2, 0) is 4.79 Å². The Morgan fingerprint density at radius 3 is 1.86 bits per heavy atom. The number of benzene rings is 3. The number of hydrogen-bond acceptors (Lipinski definition) is 8. The molecule has 0 saturated heterocycles. The smallest absolute Gasteiger partial charge is 0.330 e. The van der Waals surface area contributed by atoms with Crippen molar-refractivity contribution in [2.45, 2.75) is 70.3 Å². The van der Waals surface area contributed by atoms with E-state index in [0.717, 1.165) is 63.6 Å². The summed E-state index contributed by atoms with van der Waals surface area (Å²) in [6, 6.07) is 18.2. The zero-order valence-corrected chi connectivity index (χ0v) is 37.5. The van der Waals surface area contributed by atoms with Gasteiger partial charge >= 0.3 is 5.97 Å². The second kappa shape index (κ2) is 18.9. The Morgan fingerprint density at radius 1 is 0.794 bits per heavy atom. The first-order chi connectivity index (χ1) is 30.1. The number of hydrogen-bond donors (Lipinski definition) is 2. The molecule has 63 heavy (non-hydrogen) atoms. The van der Waals surface area contributed by atoms with Crippen LogP contribution in [0.5, 0.6) is 11.5 Å². The van der Waals surface area contributed by atoms with Crippen LogP contribution in [0.4, 0.5) is 4.39 Å². The van der Waals surface area contributed by atoms with Gasteiger partial charge in [-0.3, -0.25) is 14.4 Å². The van der Waals surface area contributed by atoms with Gasteiger partial charge in [0.15, 0.2) is 5.69 Å². The van der Waals surface area contributed by atoms with Crippen LogP contribution in [-0.4, -0.2) is 120 Å². The van der Waals surface area contributed by atoms with Gasteiger partial charge in [-0.1, -0.05) is 19.9 Å². The van der Waals surface area contributed by atoms with E-state index in [1.807, 2.05) is 39.1 Å². The summed E-state index contributed by atoms with van der Waals surface area (Å²) in [7, 11) is 8.67. The highest BCUT2D eigenvalue weighted by atomic mass is 19.1. The summed E-state index contributed by atoms with van der Waals surface area (Å²) in [5.74, 6) is -0.486. The number of methoxy groups -OCH3 is 2. The Morgan fingerprint density at radius 2 is 1.33 bits per heavy atom. The van der Waals surface area contributed by atoms with Crippen LogP contribution in [0.3, 0.4) is 0 Å². The first-order valence-electron chi connectivity index (χ1n) is 22.1. The van der Waals surface area contributed by atoms with Crippen LogP contribution in [0.25, 0.3) is 16.9 Å². The number of carboxylic acid groups (broad SMARTS) is 1. The molecule has 0 atom stereocenters. The van der Waals surface area contributed by atoms with E-state index < -0.39 is 17.4 Å². The normalized spacial score (nSPS) is 21.1. The number of ether oxygens (including phenoxy) is 2. The molecule has 0 radical (unpaired) electrons. The third-order valence-corrected chi connectivity index (χ3v) is 13.7. The molecule has 1 heterocycles. The third kappa shape index (κ3) is 9.18. The number of rotatable bonds is 18. The highest BCUT2D eigenvalue weighted by Crippen LogP contribution is 2.58. The number of amides is 3. The molecule has 0 unspecified atom stereocenters. The summed E-state index contributed by atoms with van der Waals surface area (Å²) in [5, 5.41) is 18.8. The van der Waals surface area contributed by atoms with Gasteiger partial charge in [0.2, 0.25) is 0 Å². The molecule has 336 valence electrons. The molecule has 4 saturated carbocycles. The molecule has 3 amide bonds. The molecule has 4 aliphatic carbocycles. The maximum absolute atomic E-state index is 14.4. The fourth-order valence-electron chi connectivity index (χ4n) is 10.6. The molecule has 0 spiro atoms. The fourth-order valence-corrected chi connectivity index (χ4v) is 10.6. The van der Waals surface area contributed by atoms with E-state index in [1.54, 1.807) is 67.1 Å². The summed E-state index contributed by atoms with van der Waals surface area (Å²) in [5.41, 5.74) is 2.24. The van der Waals surface area contributed by atoms with Gasteiger partial charge < -0.3 is 34.6 Å². The van der Waals surface area contributed by atoms with E-state index >= 15 is 0 Å². The van der Waals surface area contributed by atoms with Crippen LogP contribution in [0.15, 0.2) is 66.7 Å². The minimum Gasteiger partial charge on any atom is -0.496 e. The van der Waals surface area contributed by atoms with Gasteiger partial charge in [0.05, 0.1) is 31.2 Å². The number of aliphatic carboxylic acids is 1. The second-order valence-corrected chi connectivity index (χ2v) is 18.2. The Bertz CT molecular complexity index is 2280. The number of nitrogens with one attached hydrogen (secondary N) is 1.